The predicted molar refractivity (Wildman–Crippen MR) is 124 cm³/mol. The number of carbonyl (C=O) groups is 2. The highest BCUT2D eigenvalue weighted by atomic mass is 19.1. The molecule has 2 amide bonds. The second-order valence-electron chi connectivity index (χ2n) is 8.60. The van der Waals surface area contributed by atoms with Gasteiger partial charge in [-0.3, -0.25) is 14.4 Å². The number of hydrogen-bond acceptors (Lipinski definition) is 5. The molecule has 8 nitrogen and oxygen atoms in total. The lowest BCUT2D eigenvalue weighted by Gasteiger charge is -2.29. The number of rotatable bonds is 10. The monoisotopic (exact) mass is 472 g/mol. The Hall–Kier alpha value is -3.04. The van der Waals surface area contributed by atoms with E-state index in [0.717, 1.165) is 30.7 Å². The number of likely N-dealkylation sites (tertiary alicyclic amines) is 1. The van der Waals surface area contributed by atoms with Gasteiger partial charge in [-0.1, -0.05) is 50.1 Å². The Morgan fingerprint density at radius 2 is 2.03 bits per heavy atom. The maximum atomic E-state index is 13.5. The first-order valence-electron chi connectivity index (χ1n) is 11.7. The van der Waals surface area contributed by atoms with Crippen LogP contribution in [0.15, 0.2) is 53.7 Å². The predicted octanol–water partition coefficient (Wildman–Crippen LogP) is 3.15. The van der Waals surface area contributed by atoms with E-state index < -0.39 is 17.8 Å². The van der Waals surface area contributed by atoms with Gasteiger partial charge in [0.05, 0.1) is 18.7 Å². The van der Waals surface area contributed by atoms with Crippen molar-refractivity contribution < 1.29 is 24.0 Å². The van der Waals surface area contributed by atoms with E-state index in [0.29, 0.717) is 43.7 Å². The second kappa shape index (κ2) is 12.4. The molecule has 0 spiro atoms. The zero-order valence-electron chi connectivity index (χ0n) is 19.8. The minimum Gasteiger partial charge on any atom is -0.427 e. The molecule has 1 aliphatic heterocycles. The van der Waals surface area contributed by atoms with Crippen LogP contribution in [0.5, 0.6) is 0 Å². The van der Waals surface area contributed by atoms with Crippen LogP contribution in [0, 0.1) is 11.7 Å². The fraction of sp³-hybridized carbons (Fsp3) is 0.480. The molecule has 1 aromatic heterocycles. The van der Waals surface area contributed by atoms with Gasteiger partial charge in [-0.25, -0.2) is 4.39 Å². The largest absolute Gasteiger partial charge is 0.427 e. The van der Waals surface area contributed by atoms with Crippen molar-refractivity contribution >= 4 is 11.8 Å². The molecule has 9 heteroatoms. The summed E-state index contributed by atoms with van der Waals surface area (Å²) in [5, 5.41) is 11.5. The van der Waals surface area contributed by atoms with E-state index >= 15 is 0 Å². The summed E-state index contributed by atoms with van der Waals surface area (Å²) < 4.78 is 13.7. The number of amides is 2. The molecule has 1 saturated heterocycles. The molecule has 3 rings (SSSR count). The zero-order chi connectivity index (χ0) is 24.5. The maximum Gasteiger partial charge on any atom is 0.270 e. The lowest BCUT2D eigenvalue weighted by molar-refractivity contribution is -0.167. The molecule has 2 aromatic rings. The van der Waals surface area contributed by atoms with E-state index in [2.05, 4.69) is 11.9 Å². The van der Waals surface area contributed by atoms with E-state index in [1.807, 2.05) is 37.4 Å². The number of unbranched alkanes of at least 4 members (excludes halogenated alkanes) is 1. The van der Waals surface area contributed by atoms with Gasteiger partial charge in [0.15, 0.2) is 5.49 Å². The molecular weight excluding hydrogens is 439 g/mol. The molecule has 0 saturated carbocycles. The smallest absolute Gasteiger partial charge is 0.270 e. The van der Waals surface area contributed by atoms with Crippen molar-refractivity contribution in [3.63, 3.8) is 0 Å². The number of pyridine rings is 1. The molecular formula is C25H33FN4O4. The summed E-state index contributed by atoms with van der Waals surface area (Å²) in [5.74, 6) is -1.58. The Morgan fingerprint density at radius 3 is 2.74 bits per heavy atom. The van der Waals surface area contributed by atoms with Gasteiger partial charge in [0.2, 0.25) is 5.91 Å². The average molecular weight is 473 g/mol. The lowest BCUT2D eigenvalue weighted by Crippen LogP contribution is -2.46. The number of hydrogen-bond donors (Lipinski definition) is 1. The van der Waals surface area contributed by atoms with E-state index in [1.165, 1.54) is 6.07 Å². The van der Waals surface area contributed by atoms with Crippen LogP contribution < -0.4 is 5.49 Å². The van der Waals surface area contributed by atoms with Crippen LogP contribution in [-0.4, -0.2) is 57.9 Å². The van der Waals surface area contributed by atoms with Crippen LogP contribution in [0.1, 0.15) is 44.6 Å². The molecule has 0 aliphatic carbocycles. The molecule has 1 N–H and O–H groups in total. The Bertz CT molecular complexity index is 1030. The molecule has 184 valence electrons. The standard InChI is InChI=1S/C25H33FN4O4/c1-3-4-11-20(16-28(2)34-18-19-9-6-5-7-10-19)25(32)29-15-8-12-22(29)24(31)27-23-14-13-21(26)17-30(23)33/h5-7,9-10,13-14,17,20,22,33H,3-4,8,11-12,15-16,18H2,1-2H3/t20-,22+/m1/s1. The van der Waals surface area contributed by atoms with Crippen molar-refractivity contribution in [2.24, 2.45) is 10.9 Å². The van der Waals surface area contributed by atoms with E-state index in [9.17, 15) is 19.2 Å². The van der Waals surface area contributed by atoms with Crippen molar-refractivity contribution in [2.75, 3.05) is 20.1 Å². The highest BCUT2D eigenvalue weighted by Crippen LogP contribution is 2.24. The van der Waals surface area contributed by atoms with Gasteiger partial charge < -0.3 is 10.1 Å². The van der Waals surface area contributed by atoms with E-state index in [4.69, 9.17) is 4.84 Å². The molecule has 1 fully saturated rings. The highest BCUT2D eigenvalue weighted by molar-refractivity contribution is 5.89. The summed E-state index contributed by atoms with van der Waals surface area (Å²) in [6, 6.07) is 11.4. The second-order valence-corrected chi connectivity index (χ2v) is 8.60. The van der Waals surface area contributed by atoms with Crippen molar-refractivity contribution in [3.05, 3.63) is 65.5 Å². The van der Waals surface area contributed by atoms with Gasteiger partial charge in [0.1, 0.15) is 11.9 Å². The highest BCUT2D eigenvalue weighted by Gasteiger charge is 2.37. The van der Waals surface area contributed by atoms with Gasteiger partial charge in [-0.15, -0.1) is 0 Å². The molecule has 0 radical (unpaired) electrons. The van der Waals surface area contributed by atoms with E-state index in [-0.39, 0.29) is 17.3 Å². The SMILES string of the molecule is CCCC[C@H](CN(C)OCc1ccccc1)C(=O)N1CCC[C@H]1C(=O)N=c1ccc(F)cn1O. The number of benzene rings is 1. The number of nitrogens with zero attached hydrogens (tertiary/aromatic N) is 4. The number of hydroxylamine groups is 2. The van der Waals surface area contributed by atoms with Crippen LogP contribution in [0.4, 0.5) is 4.39 Å². The zero-order valence-corrected chi connectivity index (χ0v) is 19.8. The maximum absolute atomic E-state index is 13.5. The molecule has 34 heavy (non-hydrogen) atoms. The topological polar surface area (TPSA) is 87.4 Å². The van der Waals surface area contributed by atoms with Crippen LogP contribution in [0.2, 0.25) is 0 Å². The number of halogens is 1. The van der Waals surface area contributed by atoms with Crippen LogP contribution >= 0.6 is 0 Å². The normalized spacial score (nSPS) is 17.4. The van der Waals surface area contributed by atoms with Crippen LogP contribution in [-0.2, 0) is 21.0 Å². The van der Waals surface area contributed by atoms with Crippen molar-refractivity contribution in [2.45, 2.75) is 51.7 Å². The van der Waals surface area contributed by atoms with Gasteiger partial charge in [0.25, 0.3) is 5.91 Å². The first kappa shape index (κ1) is 25.6. The lowest BCUT2D eigenvalue weighted by atomic mass is 9.99. The van der Waals surface area contributed by atoms with Gasteiger partial charge in [0, 0.05) is 20.1 Å². The Morgan fingerprint density at radius 1 is 1.26 bits per heavy atom. The molecule has 1 aromatic carbocycles. The van der Waals surface area contributed by atoms with Crippen molar-refractivity contribution in [3.8, 4) is 0 Å². The summed E-state index contributed by atoms with van der Waals surface area (Å²) in [4.78, 5) is 37.7. The van der Waals surface area contributed by atoms with Crippen LogP contribution in [0.25, 0.3) is 0 Å². The molecule has 0 unspecified atom stereocenters. The van der Waals surface area contributed by atoms with Gasteiger partial charge >= 0.3 is 0 Å². The minimum absolute atomic E-state index is 0.0812. The first-order valence-corrected chi connectivity index (χ1v) is 11.7. The minimum atomic E-state index is -0.697. The third-order valence-electron chi connectivity index (χ3n) is 5.94. The van der Waals surface area contributed by atoms with Crippen molar-refractivity contribution in [1.29, 1.82) is 0 Å². The number of carbonyl (C=O) groups excluding carboxylic acids is 2. The van der Waals surface area contributed by atoms with Gasteiger partial charge in [-0.05, 0) is 37.0 Å². The average Bonchev–Trinajstić information content (AvgIpc) is 3.32. The van der Waals surface area contributed by atoms with Gasteiger partial charge in [-0.2, -0.15) is 14.8 Å². The summed E-state index contributed by atoms with van der Waals surface area (Å²) in [5.41, 5.74) is 0.960. The summed E-state index contributed by atoms with van der Waals surface area (Å²) in [6.45, 7) is 3.37. The summed E-state index contributed by atoms with van der Waals surface area (Å²) >= 11 is 0. The summed E-state index contributed by atoms with van der Waals surface area (Å²) in [6.07, 6.45) is 4.56. The number of aromatic nitrogens is 1. The Labute approximate surface area is 199 Å². The molecule has 1 aliphatic rings. The fourth-order valence-electron chi connectivity index (χ4n) is 4.12. The first-order chi connectivity index (χ1) is 16.4. The van der Waals surface area contributed by atoms with E-state index in [1.54, 1.807) is 9.96 Å². The summed E-state index contributed by atoms with van der Waals surface area (Å²) in [7, 11) is 1.81. The third-order valence-corrected chi connectivity index (χ3v) is 5.94. The van der Waals surface area contributed by atoms with Crippen molar-refractivity contribution in [1.82, 2.24) is 14.7 Å². The molecule has 2 heterocycles. The quantitative estimate of drug-likeness (QED) is 0.424. The van der Waals surface area contributed by atoms with Crippen LogP contribution in [0.3, 0.4) is 0 Å². The third kappa shape index (κ3) is 6.98. The molecule has 2 atom stereocenters. The fourth-order valence-corrected chi connectivity index (χ4v) is 4.12. The molecule has 0 bridgehead atoms. The Kier molecular flexibility index (Phi) is 9.35. The Balaban J connectivity index is 1.68.